The van der Waals surface area contributed by atoms with Crippen LogP contribution in [0.5, 0.6) is 11.5 Å². The lowest BCUT2D eigenvalue weighted by Crippen LogP contribution is -2.46. The van der Waals surface area contributed by atoms with Gasteiger partial charge < -0.3 is 20.1 Å². The lowest BCUT2D eigenvalue weighted by atomic mass is 10.0. The summed E-state index contributed by atoms with van der Waals surface area (Å²) in [6.07, 6.45) is 2.57. The van der Waals surface area contributed by atoms with Crippen molar-refractivity contribution in [1.82, 2.24) is 10.3 Å². The van der Waals surface area contributed by atoms with Gasteiger partial charge >= 0.3 is 0 Å². The van der Waals surface area contributed by atoms with E-state index in [0.717, 1.165) is 11.3 Å². The Morgan fingerprint density at radius 3 is 2.66 bits per heavy atom. The molecule has 0 radical (unpaired) electrons. The van der Waals surface area contributed by atoms with E-state index in [1.165, 1.54) is 6.20 Å². The van der Waals surface area contributed by atoms with Gasteiger partial charge in [-0.2, -0.15) is 0 Å². The topological polar surface area (TPSA) is 91.8 Å². The molecule has 35 heavy (non-hydrogen) atoms. The number of rotatable bonds is 4. The molecule has 0 unspecified atom stereocenters. The second-order valence-electron chi connectivity index (χ2n) is 8.91. The van der Waals surface area contributed by atoms with Gasteiger partial charge in [-0.25, -0.2) is 0 Å². The van der Waals surface area contributed by atoms with Crippen molar-refractivity contribution in [1.29, 1.82) is 0 Å². The van der Waals surface area contributed by atoms with Crippen LogP contribution >= 0.6 is 0 Å². The third-order valence-electron chi connectivity index (χ3n) is 5.54. The van der Waals surface area contributed by atoms with Crippen molar-refractivity contribution >= 4 is 17.5 Å². The van der Waals surface area contributed by atoms with Gasteiger partial charge in [-0.3, -0.25) is 14.6 Å². The first-order chi connectivity index (χ1) is 16.7. The summed E-state index contributed by atoms with van der Waals surface area (Å²) in [4.78, 5) is 31.8. The van der Waals surface area contributed by atoms with Crippen molar-refractivity contribution in [3.05, 3.63) is 83.7 Å². The number of fused-ring (bicyclic) bond motifs is 1. The van der Waals surface area contributed by atoms with Crippen molar-refractivity contribution in [3.8, 4) is 23.3 Å². The molecule has 1 aliphatic heterocycles. The molecule has 0 fully saturated rings. The Kier molecular flexibility index (Phi) is 6.85. The number of aryl methyl sites for hydroxylation is 1. The third kappa shape index (κ3) is 6.05. The number of nitrogens with one attached hydrogen (secondary N) is 1. The smallest absolute Gasteiger partial charge is 0.270 e. The van der Waals surface area contributed by atoms with Gasteiger partial charge in [0, 0.05) is 30.6 Å². The number of aliphatic hydroxyl groups is 1. The van der Waals surface area contributed by atoms with E-state index in [1.54, 1.807) is 37.9 Å². The Hall–Kier alpha value is -4.15. The number of nitrogens with zero attached hydrogens (tertiary/aromatic N) is 2. The number of pyridine rings is 1. The van der Waals surface area contributed by atoms with E-state index < -0.39 is 17.6 Å². The molecule has 2 amide bonds. The average molecular weight is 470 g/mol. The average Bonchev–Trinajstić information content (AvgIpc) is 2.95. The quantitative estimate of drug-likeness (QED) is 0.569. The van der Waals surface area contributed by atoms with Gasteiger partial charge in [-0.15, -0.1) is 0 Å². The van der Waals surface area contributed by atoms with Crippen LogP contribution in [0.15, 0.2) is 66.9 Å². The zero-order valence-electron chi connectivity index (χ0n) is 19.9. The van der Waals surface area contributed by atoms with Crippen LogP contribution < -0.4 is 15.0 Å². The molecule has 2 N–H and O–H groups in total. The van der Waals surface area contributed by atoms with Crippen molar-refractivity contribution in [2.45, 2.75) is 38.3 Å². The molecule has 1 aliphatic rings. The normalized spacial score (nSPS) is 15.4. The molecule has 178 valence electrons. The standard InChI is InChI=1S/C28H27N3O4/c1-28(2,34)15-13-19-9-10-20-11-12-23(27(33)31(3)25(20)17-19)30-26(32)24-18-22(14-16-29-24)35-21-7-5-4-6-8-21/h4-10,14,16-18,23,34H,11-12H2,1-3H3,(H,30,32)/t23-/m1/s1. The van der Waals surface area contributed by atoms with E-state index in [4.69, 9.17) is 4.74 Å². The SMILES string of the molecule is CN1C(=O)[C@H](NC(=O)c2cc(Oc3ccccc3)ccn2)CCc2ccc(C#CC(C)(C)O)cc21. The van der Waals surface area contributed by atoms with Gasteiger partial charge in [0.15, 0.2) is 0 Å². The summed E-state index contributed by atoms with van der Waals surface area (Å²) in [5, 5.41) is 12.7. The van der Waals surface area contributed by atoms with Crippen molar-refractivity contribution < 1.29 is 19.4 Å². The molecule has 1 aromatic heterocycles. The highest BCUT2D eigenvalue weighted by molar-refractivity contribution is 6.02. The van der Waals surface area contributed by atoms with Gasteiger partial charge in [-0.1, -0.05) is 36.1 Å². The van der Waals surface area contributed by atoms with E-state index in [9.17, 15) is 14.7 Å². The zero-order valence-corrected chi connectivity index (χ0v) is 19.9. The maximum atomic E-state index is 13.2. The number of para-hydroxylation sites is 1. The summed E-state index contributed by atoms with van der Waals surface area (Å²) in [5.74, 6) is 6.20. The van der Waals surface area contributed by atoms with Crippen LogP contribution in [0.1, 0.15) is 41.9 Å². The number of hydrogen-bond acceptors (Lipinski definition) is 5. The van der Waals surface area contributed by atoms with Crippen LogP contribution in [-0.2, 0) is 11.2 Å². The molecule has 0 bridgehead atoms. The fourth-order valence-corrected chi connectivity index (χ4v) is 3.76. The van der Waals surface area contributed by atoms with E-state index in [0.29, 0.717) is 29.9 Å². The number of amides is 2. The number of carbonyl (C=O) groups excluding carboxylic acids is 2. The van der Waals surface area contributed by atoms with Crippen LogP contribution in [0, 0.1) is 11.8 Å². The summed E-state index contributed by atoms with van der Waals surface area (Å²) in [5.41, 5.74) is 1.49. The molecule has 4 rings (SSSR count). The summed E-state index contributed by atoms with van der Waals surface area (Å²) in [6, 6.07) is 17.4. The van der Waals surface area contributed by atoms with E-state index >= 15 is 0 Å². The summed E-state index contributed by atoms with van der Waals surface area (Å²) in [7, 11) is 1.69. The number of aromatic nitrogens is 1. The second kappa shape index (κ2) is 10.00. The van der Waals surface area contributed by atoms with Gasteiger partial charge in [0.2, 0.25) is 5.91 Å². The molecule has 7 nitrogen and oxygen atoms in total. The van der Waals surface area contributed by atoms with Gasteiger partial charge in [0.05, 0.1) is 0 Å². The number of ether oxygens (including phenoxy) is 1. The molecular weight excluding hydrogens is 442 g/mol. The molecular formula is C28H27N3O4. The summed E-state index contributed by atoms with van der Waals surface area (Å²) >= 11 is 0. The lowest BCUT2D eigenvalue weighted by molar-refractivity contribution is -0.120. The third-order valence-corrected chi connectivity index (χ3v) is 5.54. The molecule has 7 heteroatoms. The Balaban J connectivity index is 1.48. The summed E-state index contributed by atoms with van der Waals surface area (Å²) < 4.78 is 5.79. The lowest BCUT2D eigenvalue weighted by Gasteiger charge is -2.22. The minimum Gasteiger partial charge on any atom is -0.457 e. The van der Waals surface area contributed by atoms with Crippen molar-refractivity contribution in [2.24, 2.45) is 0 Å². The first kappa shape index (κ1) is 24.0. The number of likely N-dealkylation sites (N-methyl/N-ethyl adjacent to an activating group) is 1. The number of carbonyl (C=O) groups is 2. The molecule has 0 saturated carbocycles. The van der Waals surface area contributed by atoms with Gasteiger partial charge in [-0.05, 0) is 62.6 Å². The minimum absolute atomic E-state index is 0.167. The maximum absolute atomic E-state index is 13.2. The predicted molar refractivity (Wildman–Crippen MR) is 133 cm³/mol. The Bertz CT molecular complexity index is 1300. The predicted octanol–water partition coefficient (Wildman–Crippen LogP) is 3.70. The first-order valence-corrected chi connectivity index (χ1v) is 11.4. The van der Waals surface area contributed by atoms with Crippen LogP contribution in [-0.4, -0.2) is 40.6 Å². The monoisotopic (exact) mass is 469 g/mol. The zero-order chi connectivity index (χ0) is 25.0. The minimum atomic E-state index is -1.11. The Morgan fingerprint density at radius 1 is 1.14 bits per heavy atom. The van der Waals surface area contributed by atoms with Crippen molar-refractivity contribution in [3.63, 3.8) is 0 Å². The maximum Gasteiger partial charge on any atom is 0.270 e. The molecule has 0 spiro atoms. The van der Waals surface area contributed by atoms with Gasteiger partial charge in [0.25, 0.3) is 5.91 Å². The van der Waals surface area contributed by atoms with E-state index in [2.05, 4.69) is 22.1 Å². The molecule has 2 heterocycles. The van der Waals surface area contributed by atoms with Gasteiger partial charge in [0.1, 0.15) is 28.8 Å². The molecule has 2 aromatic carbocycles. The largest absolute Gasteiger partial charge is 0.457 e. The molecule has 0 saturated heterocycles. The highest BCUT2D eigenvalue weighted by atomic mass is 16.5. The van der Waals surface area contributed by atoms with Crippen LogP contribution in [0.2, 0.25) is 0 Å². The van der Waals surface area contributed by atoms with Crippen molar-refractivity contribution in [2.75, 3.05) is 11.9 Å². The molecule has 1 atom stereocenters. The van der Waals surface area contributed by atoms with Crippen LogP contribution in [0.25, 0.3) is 0 Å². The molecule has 3 aromatic rings. The number of anilines is 1. The van der Waals surface area contributed by atoms with Crippen LogP contribution in [0.4, 0.5) is 5.69 Å². The fraction of sp³-hybridized carbons (Fsp3) is 0.250. The second-order valence-corrected chi connectivity index (χ2v) is 8.91. The number of hydrogen-bond donors (Lipinski definition) is 2. The number of benzene rings is 2. The molecule has 0 aliphatic carbocycles. The van der Waals surface area contributed by atoms with E-state index in [-0.39, 0.29) is 11.6 Å². The first-order valence-electron chi connectivity index (χ1n) is 11.4. The highest BCUT2D eigenvalue weighted by Crippen LogP contribution is 2.28. The fourth-order valence-electron chi connectivity index (χ4n) is 3.76. The Morgan fingerprint density at radius 2 is 1.91 bits per heavy atom. The van der Waals surface area contributed by atoms with E-state index in [1.807, 2.05) is 48.5 Å². The Labute approximate surface area is 204 Å². The van der Waals surface area contributed by atoms with Crippen LogP contribution in [0.3, 0.4) is 0 Å². The highest BCUT2D eigenvalue weighted by Gasteiger charge is 2.30. The summed E-state index contributed by atoms with van der Waals surface area (Å²) in [6.45, 7) is 3.23.